The highest BCUT2D eigenvalue weighted by Gasteiger charge is 2.33. The summed E-state index contributed by atoms with van der Waals surface area (Å²) >= 11 is 0. The first-order valence-electron chi connectivity index (χ1n) is 6.24. The lowest BCUT2D eigenvalue weighted by atomic mass is 9.88. The molecule has 1 aromatic carbocycles. The van der Waals surface area contributed by atoms with E-state index in [0.29, 0.717) is 13.0 Å². The smallest absolute Gasteiger partial charge is 0.242 e. The highest BCUT2D eigenvalue weighted by atomic mass is 16.2. The van der Waals surface area contributed by atoms with Gasteiger partial charge in [-0.15, -0.1) is 0 Å². The van der Waals surface area contributed by atoms with Gasteiger partial charge in [0.2, 0.25) is 5.91 Å². The minimum Gasteiger partial charge on any atom is -0.344 e. The van der Waals surface area contributed by atoms with Crippen LogP contribution in [0.25, 0.3) is 0 Å². The van der Waals surface area contributed by atoms with Gasteiger partial charge >= 0.3 is 0 Å². The highest BCUT2D eigenvalue weighted by Crippen LogP contribution is 2.22. The fourth-order valence-electron chi connectivity index (χ4n) is 1.74. The summed E-state index contributed by atoms with van der Waals surface area (Å²) in [6.07, 6.45) is 1.35. The van der Waals surface area contributed by atoms with E-state index < -0.39 is 5.41 Å². The van der Waals surface area contributed by atoms with E-state index in [1.807, 2.05) is 37.3 Å². The molecule has 0 fully saturated rings. The molecule has 0 aliphatic rings. The second-order valence-electron chi connectivity index (χ2n) is 4.76. The highest BCUT2D eigenvalue weighted by molar-refractivity contribution is 5.84. The summed E-state index contributed by atoms with van der Waals surface area (Å²) in [5, 5.41) is 9.09. The fourth-order valence-corrected chi connectivity index (χ4v) is 1.74. The molecule has 0 saturated carbocycles. The molecule has 3 nitrogen and oxygen atoms in total. The molecular formula is C15H20N2O. The lowest BCUT2D eigenvalue weighted by Gasteiger charge is -2.26. The van der Waals surface area contributed by atoms with Gasteiger partial charge in [0.15, 0.2) is 0 Å². The number of benzene rings is 1. The number of nitrogens with zero attached hydrogens (tertiary/aromatic N) is 2. The average Bonchev–Trinajstić information content (AvgIpc) is 2.44. The molecule has 0 radical (unpaired) electrons. The normalized spacial score (nSPS) is 13.4. The Bertz CT molecular complexity index is 436. The van der Waals surface area contributed by atoms with E-state index in [4.69, 9.17) is 5.26 Å². The zero-order valence-electron chi connectivity index (χ0n) is 11.3. The van der Waals surface area contributed by atoms with Gasteiger partial charge in [-0.1, -0.05) is 37.3 Å². The minimum atomic E-state index is -0.897. The first kappa shape index (κ1) is 14.2. The molecule has 1 amide bonds. The quantitative estimate of drug-likeness (QED) is 0.799. The zero-order valence-corrected chi connectivity index (χ0v) is 11.3. The van der Waals surface area contributed by atoms with Crippen LogP contribution in [0.3, 0.4) is 0 Å². The van der Waals surface area contributed by atoms with Gasteiger partial charge in [-0.2, -0.15) is 5.26 Å². The third-order valence-electron chi connectivity index (χ3n) is 3.35. The summed E-state index contributed by atoms with van der Waals surface area (Å²) in [7, 11) is 1.76. The number of hydrogen-bond donors (Lipinski definition) is 0. The zero-order chi connectivity index (χ0) is 13.6. The molecule has 0 aliphatic heterocycles. The van der Waals surface area contributed by atoms with Crippen molar-refractivity contribution in [3.63, 3.8) is 0 Å². The van der Waals surface area contributed by atoms with Gasteiger partial charge in [0.05, 0.1) is 6.07 Å². The lowest BCUT2D eigenvalue weighted by Crippen LogP contribution is -2.40. The van der Waals surface area contributed by atoms with E-state index in [2.05, 4.69) is 6.07 Å². The number of hydrogen-bond acceptors (Lipinski definition) is 2. The number of carbonyl (C=O) groups is 1. The molecule has 18 heavy (non-hydrogen) atoms. The molecule has 0 bridgehead atoms. The maximum absolute atomic E-state index is 12.2. The Morgan fingerprint density at radius 2 is 2.00 bits per heavy atom. The predicted octanol–water partition coefficient (Wildman–Crippen LogP) is 2.63. The van der Waals surface area contributed by atoms with Gasteiger partial charge in [-0.05, 0) is 25.3 Å². The Hall–Kier alpha value is -1.82. The van der Waals surface area contributed by atoms with Crippen molar-refractivity contribution >= 4 is 5.91 Å². The van der Waals surface area contributed by atoms with Gasteiger partial charge in [-0.25, -0.2) is 0 Å². The number of rotatable bonds is 5. The SMILES string of the molecule is CCC(C)(C#N)C(=O)N(C)CCc1ccccc1. The summed E-state index contributed by atoms with van der Waals surface area (Å²) in [4.78, 5) is 13.8. The standard InChI is InChI=1S/C15H20N2O/c1-4-15(2,12-16)14(18)17(3)11-10-13-8-6-5-7-9-13/h5-9H,4,10-11H2,1-3H3. The molecule has 3 heteroatoms. The second kappa shape index (κ2) is 6.20. The van der Waals surface area contributed by atoms with Crippen LogP contribution < -0.4 is 0 Å². The van der Waals surface area contributed by atoms with Crippen LogP contribution in [0.4, 0.5) is 0 Å². The third kappa shape index (κ3) is 3.33. The van der Waals surface area contributed by atoms with E-state index >= 15 is 0 Å². The summed E-state index contributed by atoms with van der Waals surface area (Å²) in [6.45, 7) is 4.21. The van der Waals surface area contributed by atoms with Crippen molar-refractivity contribution in [3.05, 3.63) is 35.9 Å². The molecule has 0 spiro atoms. The Balaban J connectivity index is 2.59. The van der Waals surface area contributed by atoms with E-state index in [-0.39, 0.29) is 5.91 Å². The van der Waals surface area contributed by atoms with Crippen LogP contribution >= 0.6 is 0 Å². The van der Waals surface area contributed by atoms with Crippen molar-refractivity contribution in [1.29, 1.82) is 5.26 Å². The van der Waals surface area contributed by atoms with Crippen molar-refractivity contribution in [3.8, 4) is 6.07 Å². The number of likely N-dealkylation sites (N-methyl/N-ethyl adjacent to an activating group) is 1. The van der Waals surface area contributed by atoms with Crippen LogP contribution in [0.15, 0.2) is 30.3 Å². The average molecular weight is 244 g/mol. The molecule has 0 heterocycles. The van der Waals surface area contributed by atoms with Gasteiger partial charge < -0.3 is 4.90 Å². The monoisotopic (exact) mass is 244 g/mol. The summed E-state index contributed by atoms with van der Waals surface area (Å²) in [6, 6.07) is 12.2. The molecule has 0 saturated heterocycles. The Morgan fingerprint density at radius 3 is 2.50 bits per heavy atom. The van der Waals surface area contributed by atoms with Gasteiger partial charge in [0, 0.05) is 13.6 Å². The topological polar surface area (TPSA) is 44.1 Å². The minimum absolute atomic E-state index is 0.0940. The molecule has 1 unspecified atom stereocenters. The van der Waals surface area contributed by atoms with Crippen molar-refractivity contribution in [1.82, 2.24) is 4.90 Å². The van der Waals surface area contributed by atoms with E-state index in [1.54, 1.807) is 18.9 Å². The number of nitriles is 1. The molecule has 1 atom stereocenters. The first-order valence-corrected chi connectivity index (χ1v) is 6.24. The Labute approximate surface area is 109 Å². The Kier molecular flexibility index (Phi) is 4.91. The van der Waals surface area contributed by atoms with Crippen LogP contribution in [0, 0.1) is 16.7 Å². The Morgan fingerprint density at radius 1 is 1.39 bits per heavy atom. The van der Waals surface area contributed by atoms with Gasteiger partial charge in [0.1, 0.15) is 5.41 Å². The van der Waals surface area contributed by atoms with E-state index in [9.17, 15) is 4.79 Å². The van der Waals surface area contributed by atoms with Crippen LogP contribution in [0.2, 0.25) is 0 Å². The number of amides is 1. The molecule has 1 aromatic rings. The lowest BCUT2D eigenvalue weighted by molar-refractivity contribution is -0.137. The fraction of sp³-hybridized carbons (Fsp3) is 0.467. The number of carbonyl (C=O) groups excluding carboxylic acids is 1. The van der Waals surface area contributed by atoms with Crippen molar-refractivity contribution in [2.24, 2.45) is 5.41 Å². The summed E-state index contributed by atoms with van der Waals surface area (Å²) in [5.41, 5.74) is 0.304. The van der Waals surface area contributed by atoms with E-state index in [1.165, 1.54) is 5.56 Å². The third-order valence-corrected chi connectivity index (χ3v) is 3.35. The van der Waals surface area contributed by atoms with Crippen LogP contribution in [-0.2, 0) is 11.2 Å². The molecule has 1 rings (SSSR count). The van der Waals surface area contributed by atoms with Gasteiger partial charge in [0.25, 0.3) is 0 Å². The molecule has 0 N–H and O–H groups in total. The second-order valence-corrected chi connectivity index (χ2v) is 4.76. The van der Waals surface area contributed by atoms with Crippen LogP contribution in [-0.4, -0.2) is 24.4 Å². The molecular weight excluding hydrogens is 224 g/mol. The maximum atomic E-state index is 12.2. The molecule has 96 valence electrons. The molecule has 0 aromatic heterocycles. The van der Waals surface area contributed by atoms with Crippen molar-refractivity contribution in [2.45, 2.75) is 26.7 Å². The van der Waals surface area contributed by atoms with Crippen LogP contribution in [0.1, 0.15) is 25.8 Å². The van der Waals surface area contributed by atoms with Crippen molar-refractivity contribution in [2.75, 3.05) is 13.6 Å². The van der Waals surface area contributed by atoms with Crippen molar-refractivity contribution < 1.29 is 4.79 Å². The summed E-state index contributed by atoms with van der Waals surface area (Å²) in [5.74, 6) is -0.0940. The van der Waals surface area contributed by atoms with E-state index in [0.717, 1.165) is 6.42 Å². The first-order chi connectivity index (χ1) is 8.53. The summed E-state index contributed by atoms with van der Waals surface area (Å²) < 4.78 is 0. The largest absolute Gasteiger partial charge is 0.344 e. The molecule has 0 aliphatic carbocycles. The van der Waals surface area contributed by atoms with Crippen LogP contribution in [0.5, 0.6) is 0 Å². The van der Waals surface area contributed by atoms with Gasteiger partial charge in [-0.3, -0.25) is 4.79 Å². The maximum Gasteiger partial charge on any atom is 0.242 e. The predicted molar refractivity (Wildman–Crippen MR) is 71.8 cm³/mol.